The molecular weight excluding hydrogens is 190 g/mol. The fraction of sp³-hybridized carbons (Fsp3) is 1.00. The Kier molecular flexibility index (Phi) is 4.31. The predicted octanol–water partition coefficient (Wildman–Crippen LogP) is 0.263. The maximum atomic E-state index is 10.7. The second-order valence-electron chi connectivity index (χ2n) is 3.63. The minimum absolute atomic E-state index is 0.0873. The molecule has 0 aromatic carbocycles. The molecule has 0 saturated heterocycles. The third-order valence-electron chi connectivity index (χ3n) is 2.76. The normalized spacial score (nSPS) is 32.0. The molecule has 0 amide bonds. The Bertz CT molecular complexity index is 188. The molecule has 4 nitrogen and oxygen atoms in total. The topological polar surface area (TPSA) is 63.6 Å². The molecule has 0 bridgehead atoms. The van der Waals surface area contributed by atoms with Gasteiger partial charge in [-0.25, -0.2) is 4.31 Å². The van der Waals surface area contributed by atoms with Crippen LogP contribution in [0.15, 0.2) is 0 Å². The van der Waals surface area contributed by atoms with Crippen molar-refractivity contribution in [1.29, 1.82) is 0 Å². The number of aliphatic hydroxyl groups is 1. The first kappa shape index (κ1) is 11.1. The Morgan fingerprint density at radius 2 is 2.31 bits per heavy atom. The van der Waals surface area contributed by atoms with Gasteiger partial charge >= 0.3 is 0 Å². The van der Waals surface area contributed by atoms with Gasteiger partial charge in [0, 0.05) is 23.9 Å². The summed E-state index contributed by atoms with van der Waals surface area (Å²) in [5, 5.41) is 8.96. The van der Waals surface area contributed by atoms with Gasteiger partial charge < -0.3 is 9.66 Å². The average molecular weight is 206 g/mol. The summed E-state index contributed by atoms with van der Waals surface area (Å²) < 4.78 is 22.7. The predicted molar refractivity (Wildman–Crippen MR) is 49.5 cm³/mol. The Labute approximate surface area is 81.4 Å². The van der Waals surface area contributed by atoms with Crippen LogP contribution in [-0.2, 0) is 11.3 Å². The highest BCUT2D eigenvalue weighted by molar-refractivity contribution is 7.76. The highest BCUT2D eigenvalue weighted by atomic mass is 32.2. The summed E-state index contributed by atoms with van der Waals surface area (Å²) in [6.45, 7) is 0.176. The zero-order valence-electron chi connectivity index (χ0n) is 7.81. The van der Waals surface area contributed by atoms with Crippen LogP contribution in [0.1, 0.15) is 25.7 Å². The van der Waals surface area contributed by atoms with E-state index in [1.54, 1.807) is 7.05 Å². The first-order valence-corrected chi connectivity index (χ1v) is 5.61. The maximum absolute atomic E-state index is 10.7. The van der Waals surface area contributed by atoms with E-state index in [0.29, 0.717) is 0 Å². The second kappa shape index (κ2) is 5.05. The Morgan fingerprint density at radius 1 is 1.62 bits per heavy atom. The number of hydrogen-bond donors (Lipinski definition) is 1. The van der Waals surface area contributed by atoms with Gasteiger partial charge in [0.2, 0.25) is 0 Å². The molecule has 3 atom stereocenters. The van der Waals surface area contributed by atoms with E-state index in [1.807, 2.05) is 0 Å². The van der Waals surface area contributed by atoms with Crippen LogP contribution in [0.25, 0.3) is 0 Å². The van der Waals surface area contributed by atoms with E-state index in [-0.39, 0.29) is 18.6 Å². The lowest BCUT2D eigenvalue weighted by molar-refractivity contribution is 0.150. The van der Waals surface area contributed by atoms with E-state index in [0.717, 1.165) is 25.7 Å². The van der Waals surface area contributed by atoms with E-state index in [1.165, 1.54) is 4.31 Å². The van der Waals surface area contributed by atoms with Crippen LogP contribution in [0, 0.1) is 5.92 Å². The lowest BCUT2D eigenvalue weighted by Crippen LogP contribution is -2.37. The summed E-state index contributed by atoms with van der Waals surface area (Å²) in [6, 6.07) is 0.0873. The van der Waals surface area contributed by atoms with Crippen LogP contribution in [0.3, 0.4) is 0 Å². The van der Waals surface area contributed by atoms with Crippen molar-refractivity contribution >= 4 is 11.3 Å². The molecule has 1 N–H and O–H groups in total. The van der Waals surface area contributed by atoms with Crippen molar-refractivity contribution in [2.75, 3.05) is 13.7 Å². The summed E-state index contributed by atoms with van der Waals surface area (Å²) in [5.74, 6) is 0.282. The van der Waals surface area contributed by atoms with Crippen molar-refractivity contribution < 1.29 is 13.9 Å². The van der Waals surface area contributed by atoms with Crippen LogP contribution in [-0.4, -0.2) is 37.9 Å². The van der Waals surface area contributed by atoms with E-state index in [4.69, 9.17) is 5.11 Å². The number of hydrogen-bond acceptors (Lipinski definition) is 3. The molecule has 1 fully saturated rings. The van der Waals surface area contributed by atoms with Crippen LogP contribution >= 0.6 is 0 Å². The van der Waals surface area contributed by atoms with Crippen LogP contribution < -0.4 is 0 Å². The fourth-order valence-corrected chi connectivity index (χ4v) is 2.32. The van der Waals surface area contributed by atoms with Gasteiger partial charge in [-0.1, -0.05) is 6.42 Å². The Balaban J connectivity index is 2.46. The third-order valence-corrected chi connectivity index (χ3v) is 3.53. The third kappa shape index (κ3) is 3.02. The fourth-order valence-electron chi connectivity index (χ4n) is 1.88. The summed E-state index contributed by atoms with van der Waals surface area (Å²) >= 11 is -2.12. The van der Waals surface area contributed by atoms with Crippen molar-refractivity contribution in [3.05, 3.63) is 0 Å². The molecular formula is C8H16NO3S-. The highest BCUT2D eigenvalue weighted by Gasteiger charge is 2.24. The molecule has 0 aliphatic heterocycles. The van der Waals surface area contributed by atoms with Crippen LogP contribution in [0.4, 0.5) is 0 Å². The highest BCUT2D eigenvalue weighted by Crippen LogP contribution is 2.27. The molecule has 3 unspecified atom stereocenters. The molecule has 0 radical (unpaired) electrons. The standard InChI is InChI=1S/C8H17NO3S/c1-9(13(11)12)8-4-2-3-7(5-8)6-10/h7-8,10H,2-6H2,1H3,(H,11,12)/p-1. The van der Waals surface area contributed by atoms with Gasteiger partial charge in [-0.05, 0) is 32.2 Å². The molecule has 0 aromatic rings. The molecule has 1 rings (SSSR count). The van der Waals surface area contributed by atoms with Gasteiger partial charge in [-0.3, -0.25) is 4.21 Å². The van der Waals surface area contributed by atoms with Crippen molar-refractivity contribution in [2.24, 2.45) is 5.92 Å². The van der Waals surface area contributed by atoms with Crippen molar-refractivity contribution in [3.63, 3.8) is 0 Å². The first-order valence-electron chi connectivity index (χ1n) is 4.58. The molecule has 0 spiro atoms. The lowest BCUT2D eigenvalue weighted by atomic mass is 9.86. The monoisotopic (exact) mass is 206 g/mol. The van der Waals surface area contributed by atoms with Gasteiger partial charge in [-0.2, -0.15) is 0 Å². The molecule has 78 valence electrons. The molecule has 1 aliphatic rings. The largest absolute Gasteiger partial charge is 0.760 e. The molecule has 0 heterocycles. The van der Waals surface area contributed by atoms with Gasteiger partial charge in [-0.15, -0.1) is 0 Å². The summed E-state index contributed by atoms with van der Waals surface area (Å²) in [7, 11) is 1.59. The van der Waals surface area contributed by atoms with Crippen molar-refractivity contribution in [1.82, 2.24) is 4.31 Å². The minimum atomic E-state index is -2.12. The van der Waals surface area contributed by atoms with Gasteiger partial charge in [0.1, 0.15) is 0 Å². The van der Waals surface area contributed by atoms with Gasteiger partial charge in [0.15, 0.2) is 0 Å². The zero-order valence-corrected chi connectivity index (χ0v) is 8.63. The quantitative estimate of drug-likeness (QED) is 0.674. The van der Waals surface area contributed by atoms with Crippen LogP contribution in [0.2, 0.25) is 0 Å². The number of rotatable bonds is 3. The van der Waals surface area contributed by atoms with Gasteiger partial charge in [0.25, 0.3) is 0 Å². The number of aliphatic hydroxyl groups excluding tert-OH is 1. The van der Waals surface area contributed by atoms with E-state index in [2.05, 4.69) is 0 Å². The molecule has 13 heavy (non-hydrogen) atoms. The van der Waals surface area contributed by atoms with E-state index < -0.39 is 11.3 Å². The second-order valence-corrected chi connectivity index (χ2v) is 4.64. The molecule has 0 aromatic heterocycles. The van der Waals surface area contributed by atoms with Gasteiger partial charge in [0.05, 0.1) is 0 Å². The summed E-state index contributed by atoms with van der Waals surface area (Å²) in [5.41, 5.74) is 0. The SMILES string of the molecule is CN(C1CCCC(CO)C1)S(=O)[O-]. The van der Waals surface area contributed by atoms with E-state index >= 15 is 0 Å². The summed E-state index contributed by atoms with van der Waals surface area (Å²) in [4.78, 5) is 0. The Morgan fingerprint density at radius 3 is 2.85 bits per heavy atom. The van der Waals surface area contributed by atoms with Crippen LogP contribution in [0.5, 0.6) is 0 Å². The average Bonchev–Trinajstić information content (AvgIpc) is 2.16. The van der Waals surface area contributed by atoms with Crippen molar-refractivity contribution in [3.8, 4) is 0 Å². The summed E-state index contributed by atoms with van der Waals surface area (Å²) in [6.07, 6.45) is 3.74. The molecule has 1 saturated carbocycles. The first-order chi connectivity index (χ1) is 6.15. The maximum Gasteiger partial charge on any atom is 0.0459 e. The minimum Gasteiger partial charge on any atom is -0.760 e. The van der Waals surface area contributed by atoms with E-state index in [9.17, 15) is 8.76 Å². The lowest BCUT2D eigenvalue weighted by Gasteiger charge is -2.35. The zero-order chi connectivity index (χ0) is 9.84. The molecule has 5 heteroatoms. The number of nitrogens with zero attached hydrogens (tertiary/aromatic N) is 1. The molecule has 1 aliphatic carbocycles. The van der Waals surface area contributed by atoms with Crippen molar-refractivity contribution in [2.45, 2.75) is 31.7 Å². The Hall–Kier alpha value is 0.0300. The smallest absolute Gasteiger partial charge is 0.0459 e.